The van der Waals surface area contributed by atoms with Crippen LogP contribution in [0.1, 0.15) is 43.5 Å². The molecule has 0 aromatic heterocycles. The van der Waals surface area contributed by atoms with Crippen molar-refractivity contribution in [3.05, 3.63) is 35.4 Å². The molecule has 2 amide bonds. The van der Waals surface area contributed by atoms with E-state index in [0.717, 1.165) is 24.8 Å². The number of likely N-dealkylation sites (tertiary alicyclic amines) is 1. The van der Waals surface area contributed by atoms with Gasteiger partial charge in [0.15, 0.2) is 11.5 Å². The van der Waals surface area contributed by atoms with Crippen molar-refractivity contribution in [1.29, 1.82) is 0 Å². The van der Waals surface area contributed by atoms with Crippen LogP contribution in [0.4, 0.5) is 0 Å². The number of piperidine rings is 1. The van der Waals surface area contributed by atoms with E-state index in [1.165, 1.54) is 0 Å². The van der Waals surface area contributed by atoms with E-state index in [9.17, 15) is 9.59 Å². The van der Waals surface area contributed by atoms with Gasteiger partial charge in [-0.05, 0) is 44.4 Å². The molecule has 6 nitrogen and oxygen atoms in total. The minimum absolute atomic E-state index is 0.0639. The van der Waals surface area contributed by atoms with Crippen molar-refractivity contribution in [2.75, 3.05) is 27.3 Å². The van der Waals surface area contributed by atoms with Gasteiger partial charge in [-0.2, -0.15) is 0 Å². The van der Waals surface area contributed by atoms with Gasteiger partial charge in [0.25, 0.3) is 5.91 Å². The van der Waals surface area contributed by atoms with Crippen molar-refractivity contribution in [2.45, 2.75) is 39.2 Å². The molecule has 0 radical (unpaired) electrons. The first-order chi connectivity index (χ1) is 12.5. The van der Waals surface area contributed by atoms with Gasteiger partial charge in [0.2, 0.25) is 5.91 Å². The number of nitrogens with zero attached hydrogens (tertiary/aromatic N) is 1. The van der Waals surface area contributed by atoms with E-state index in [1.54, 1.807) is 38.5 Å². The minimum Gasteiger partial charge on any atom is -0.493 e. The van der Waals surface area contributed by atoms with Crippen LogP contribution in [0.15, 0.2) is 29.8 Å². The molecule has 0 aliphatic carbocycles. The topological polar surface area (TPSA) is 67.9 Å². The summed E-state index contributed by atoms with van der Waals surface area (Å²) in [5, 5.41) is 3.05. The molecule has 1 aliphatic heterocycles. The second kappa shape index (κ2) is 9.27. The van der Waals surface area contributed by atoms with Crippen molar-refractivity contribution in [3.8, 4) is 11.5 Å². The quantitative estimate of drug-likeness (QED) is 0.792. The maximum absolute atomic E-state index is 12.5. The number of nitrogens with one attached hydrogen (secondary N) is 1. The molecule has 0 saturated carbocycles. The molecule has 26 heavy (non-hydrogen) atoms. The van der Waals surface area contributed by atoms with Crippen LogP contribution < -0.4 is 14.8 Å². The Hall–Kier alpha value is -2.50. The lowest BCUT2D eigenvalue weighted by Crippen LogP contribution is -2.46. The molecular weight excluding hydrogens is 332 g/mol. The van der Waals surface area contributed by atoms with Crippen LogP contribution in [-0.2, 0) is 4.79 Å². The van der Waals surface area contributed by atoms with Gasteiger partial charge in [0.05, 0.1) is 14.2 Å². The predicted molar refractivity (Wildman–Crippen MR) is 101 cm³/mol. The number of carbonyl (C=O) groups excluding carboxylic acids is 2. The Labute approximate surface area is 155 Å². The Morgan fingerprint density at radius 3 is 2.42 bits per heavy atom. The fourth-order valence-electron chi connectivity index (χ4n) is 2.89. The van der Waals surface area contributed by atoms with Crippen LogP contribution >= 0.6 is 0 Å². The summed E-state index contributed by atoms with van der Waals surface area (Å²) in [6.45, 7) is 5.31. The molecule has 6 heteroatoms. The third-order valence-electron chi connectivity index (χ3n) is 4.72. The van der Waals surface area contributed by atoms with Gasteiger partial charge in [-0.3, -0.25) is 9.59 Å². The number of hydrogen-bond acceptors (Lipinski definition) is 4. The zero-order valence-corrected chi connectivity index (χ0v) is 16.0. The van der Waals surface area contributed by atoms with Crippen molar-refractivity contribution in [1.82, 2.24) is 10.2 Å². The van der Waals surface area contributed by atoms with Crippen LogP contribution in [0.2, 0.25) is 0 Å². The molecular formula is C20H28N2O4. The minimum atomic E-state index is -0.141. The maximum Gasteiger partial charge on any atom is 0.251 e. The Balaban J connectivity index is 1.91. The summed E-state index contributed by atoms with van der Waals surface area (Å²) in [5.41, 5.74) is 1.61. The van der Waals surface area contributed by atoms with Gasteiger partial charge < -0.3 is 19.7 Å². The largest absolute Gasteiger partial charge is 0.493 e. The molecule has 0 bridgehead atoms. The third-order valence-corrected chi connectivity index (χ3v) is 4.72. The van der Waals surface area contributed by atoms with E-state index in [-0.39, 0.29) is 17.9 Å². The molecule has 0 spiro atoms. The van der Waals surface area contributed by atoms with E-state index in [1.807, 2.05) is 18.7 Å². The number of carbonyl (C=O) groups is 2. The van der Waals surface area contributed by atoms with Gasteiger partial charge in [0.1, 0.15) is 0 Å². The van der Waals surface area contributed by atoms with Crippen LogP contribution in [0.5, 0.6) is 11.5 Å². The molecule has 1 aromatic carbocycles. The molecule has 1 aromatic rings. The molecule has 1 aliphatic rings. The van der Waals surface area contributed by atoms with Gasteiger partial charge in [-0.1, -0.05) is 12.5 Å². The molecule has 0 unspecified atom stereocenters. The SMILES string of the molecule is CC/C(C)=C/C(=O)N1CCC(NC(=O)c2ccc(OC)c(OC)c2)CC1. The smallest absolute Gasteiger partial charge is 0.251 e. The van der Waals surface area contributed by atoms with Gasteiger partial charge in [-0.25, -0.2) is 0 Å². The van der Waals surface area contributed by atoms with Crippen LogP contribution in [0.3, 0.4) is 0 Å². The second-order valence-corrected chi connectivity index (χ2v) is 6.49. The number of ether oxygens (including phenoxy) is 2. The highest BCUT2D eigenvalue weighted by molar-refractivity contribution is 5.95. The second-order valence-electron chi connectivity index (χ2n) is 6.49. The first-order valence-corrected chi connectivity index (χ1v) is 8.97. The van der Waals surface area contributed by atoms with Gasteiger partial charge >= 0.3 is 0 Å². The highest BCUT2D eigenvalue weighted by Gasteiger charge is 2.23. The standard InChI is InChI=1S/C20H28N2O4/c1-5-14(2)12-19(23)22-10-8-16(9-11-22)21-20(24)15-6-7-17(25-3)18(13-15)26-4/h6-7,12-13,16H,5,8-11H2,1-4H3,(H,21,24)/b14-12+. The normalized spacial score (nSPS) is 15.5. The average Bonchev–Trinajstić information content (AvgIpc) is 2.67. The molecule has 1 fully saturated rings. The van der Waals surface area contributed by atoms with Crippen LogP contribution in [-0.4, -0.2) is 50.1 Å². The molecule has 1 N–H and O–H groups in total. The zero-order valence-electron chi connectivity index (χ0n) is 16.0. The Bertz CT molecular complexity index is 676. The number of allylic oxidation sites excluding steroid dienone is 1. The molecule has 142 valence electrons. The summed E-state index contributed by atoms with van der Waals surface area (Å²) >= 11 is 0. The summed E-state index contributed by atoms with van der Waals surface area (Å²) in [7, 11) is 3.10. The highest BCUT2D eigenvalue weighted by atomic mass is 16.5. The van der Waals surface area contributed by atoms with Crippen molar-refractivity contribution < 1.29 is 19.1 Å². The van der Waals surface area contributed by atoms with Crippen molar-refractivity contribution in [2.24, 2.45) is 0 Å². The van der Waals surface area contributed by atoms with E-state index >= 15 is 0 Å². The molecule has 0 atom stereocenters. The monoisotopic (exact) mass is 360 g/mol. The Morgan fingerprint density at radius 2 is 1.85 bits per heavy atom. The number of amides is 2. The summed E-state index contributed by atoms with van der Waals surface area (Å²) in [4.78, 5) is 26.5. The number of methoxy groups -OCH3 is 2. The van der Waals surface area contributed by atoms with E-state index in [2.05, 4.69) is 5.32 Å². The lowest BCUT2D eigenvalue weighted by Gasteiger charge is -2.32. The fourth-order valence-corrected chi connectivity index (χ4v) is 2.89. The summed E-state index contributed by atoms with van der Waals surface area (Å²) in [6.07, 6.45) is 4.10. The Morgan fingerprint density at radius 1 is 1.19 bits per heavy atom. The summed E-state index contributed by atoms with van der Waals surface area (Å²) in [5.74, 6) is 1.04. The first kappa shape index (κ1) is 19.8. The summed E-state index contributed by atoms with van der Waals surface area (Å²) in [6, 6.07) is 5.17. The molecule has 2 rings (SSSR count). The van der Waals surface area contributed by atoms with Crippen molar-refractivity contribution >= 4 is 11.8 Å². The molecule has 1 saturated heterocycles. The number of hydrogen-bond donors (Lipinski definition) is 1. The van der Waals surface area contributed by atoms with Crippen molar-refractivity contribution in [3.63, 3.8) is 0 Å². The predicted octanol–water partition coefficient (Wildman–Crippen LogP) is 2.78. The Kier molecular flexibility index (Phi) is 7.06. The van der Waals surface area contributed by atoms with Gasteiger partial charge in [0, 0.05) is 30.8 Å². The first-order valence-electron chi connectivity index (χ1n) is 8.97. The average molecular weight is 360 g/mol. The van der Waals surface area contributed by atoms with Gasteiger partial charge in [-0.15, -0.1) is 0 Å². The van der Waals surface area contributed by atoms with Crippen LogP contribution in [0.25, 0.3) is 0 Å². The van der Waals surface area contributed by atoms with E-state index in [0.29, 0.717) is 30.2 Å². The zero-order chi connectivity index (χ0) is 19.1. The van der Waals surface area contributed by atoms with E-state index in [4.69, 9.17) is 9.47 Å². The highest BCUT2D eigenvalue weighted by Crippen LogP contribution is 2.27. The number of benzene rings is 1. The third kappa shape index (κ3) is 5.00. The summed E-state index contributed by atoms with van der Waals surface area (Å²) < 4.78 is 10.4. The lowest BCUT2D eigenvalue weighted by molar-refractivity contribution is -0.127. The van der Waals surface area contributed by atoms with Crippen LogP contribution in [0, 0.1) is 0 Å². The maximum atomic E-state index is 12.5. The molecule has 1 heterocycles. The number of rotatable bonds is 6. The van der Waals surface area contributed by atoms with E-state index < -0.39 is 0 Å². The fraction of sp³-hybridized carbons (Fsp3) is 0.500. The lowest BCUT2D eigenvalue weighted by atomic mass is 10.0.